The van der Waals surface area contributed by atoms with Crippen LogP contribution in [0.2, 0.25) is 0 Å². The van der Waals surface area contributed by atoms with Crippen LogP contribution in [0.3, 0.4) is 0 Å². The number of aliphatic hydroxyl groups excluding tert-OH is 1. The van der Waals surface area contributed by atoms with E-state index in [-0.39, 0.29) is 5.97 Å². The van der Waals surface area contributed by atoms with Crippen molar-refractivity contribution in [1.29, 1.82) is 0 Å². The fourth-order valence-corrected chi connectivity index (χ4v) is 3.29. The van der Waals surface area contributed by atoms with Crippen LogP contribution in [0, 0.1) is 23.7 Å². The molecular weight excluding hydrogens is 168 g/mol. The van der Waals surface area contributed by atoms with Crippen LogP contribution in [0.25, 0.3) is 0 Å². The molecule has 1 aliphatic heterocycles. The summed E-state index contributed by atoms with van der Waals surface area (Å²) in [7, 11) is 1.00. The molecule has 74 valence electrons. The van der Waals surface area contributed by atoms with E-state index in [1.165, 1.54) is 19.3 Å². The highest BCUT2D eigenvalue weighted by atomic mass is 16.5. The zero-order valence-electron chi connectivity index (χ0n) is 7.90. The Balaban J connectivity index is 0.000000308. The second-order valence-corrected chi connectivity index (χ2v) is 4.15. The van der Waals surface area contributed by atoms with E-state index < -0.39 is 0 Å². The number of aliphatic hydroxyl groups is 1. The molecule has 1 saturated heterocycles. The van der Waals surface area contributed by atoms with Crippen molar-refractivity contribution in [2.24, 2.45) is 23.7 Å². The van der Waals surface area contributed by atoms with Crippen LogP contribution in [-0.4, -0.2) is 24.8 Å². The van der Waals surface area contributed by atoms with Gasteiger partial charge in [0.15, 0.2) is 0 Å². The fourth-order valence-electron chi connectivity index (χ4n) is 3.29. The molecule has 2 saturated carbocycles. The number of cyclic esters (lactones) is 1. The largest absolute Gasteiger partial charge is 0.465 e. The maximum atomic E-state index is 11.2. The average molecular weight is 184 g/mol. The Labute approximate surface area is 78.1 Å². The SMILES string of the molecule is CO.O=C1OCC2C3CCC(C3)C12. The van der Waals surface area contributed by atoms with Gasteiger partial charge in [0.2, 0.25) is 0 Å². The Morgan fingerprint density at radius 1 is 1.31 bits per heavy atom. The lowest BCUT2D eigenvalue weighted by molar-refractivity contribution is -0.142. The number of rotatable bonds is 0. The van der Waals surface area contributed by atoms with Crippen molar-refractivity contribution in [1.82, 2.24) is 0 Å². The number of hydrogen-bond acceptors (Lipinski definition) is 3. The maximum absolute atomic E-state index is 11.2. The van der Waals surface area contributed by atoms with E-state index in [0.717, 1.165) is 19.6 Å². The van der Waals surface area contributed by atoms with Crippen molar-refractivity contribution < 1.29 is 14.6 Å². The lowest BCUT2D eigenvalue weighted by atomic mass is 9.81. The first-order valence-electron chi connectivity index (χ1n) is 4.97. The highest BCUT2D eigenvalue weighted by Gasteiger charge is 2.54. The van der Waals surface area contributed by atoms with E-state index in [0.29, 0.717) is 17.8 Å². The lowest BCUT2D eigenvalue weighted by Gasteiger charge is -2.19. The summed E-state index contributed by atoms with van der Waals surface area (Å²) in [5.74, 6) is 2.55. The minimum atomic E-state index is 0.0993. The molecule has 1 N–H and O–H groups in total. The van der Waals surface area contributed by atoms with Gasteiger partial charge in [0.1, 0.15) is 0 Å². The van der Waals surface area contributed by atoms with Crippen molar-refractivity contribution in [2.75, 3.05) is 13.7 Å². The average Bonchev–Trinajstić information content (AvgIpc) is 2.81. The Bertz CT molecular complexity index is 214. The zero-order chi connectivity index (χ0) is 9.42. The van der Waals surface area contributed by atoms with Crippen molar-refractivity contribution >= 4 is 5.97 Å². The molecule has 0 amide bonds. The smallest absolute Gasteiger partial charge is 0.309 e. The summed E-state index contributed by atoms with van der Waals surface area (Å²) in [5.41, 5.74) is 0. The van der Waals surface area contributed by atoms with Crippen molar-refractivity contribution in [3.8, 4) is 0 Å². The predicted octanol–water partition coefficient (Wildman–Crippen LogP) is 0.814. The number of hydrogen-bond donors (Lipinski definition) is 1. The zero-order valence-corrected chi connectivity index (χ0v) is 7.90. The minimum Gasteiger partial charge on any atom is -0.465 e. The lowest BCUT2D eigenvalue weighted by Crippen LogP contribution is -2.22. The second-order valence-electron chi connectivity index (χ2n) is 4.15. The molecule has 2 bridgehead atoms. The third kappa shape index (κ3) is 1.17. The van der Waals surface area contributed by atoms with Gasteiger partial charge in [-0.15, -0.1) is 0 Å². The third-order valence-corrected chi connectivity index (χ3v) is 3.78. The van der Waals surface area contributed by atoms with Gasteiger partial charge in [-0.1, -0.05) is 0 Å². The van der Waals surface area contributed by atoms with Crippen LogP contribution in [0.5, 0.6) is 0 Å². The van der Waals surface area contributed by atoms with Crippen molar-refractivity contribution in [3.63, 3.8) is 0 Å². The standard InChI is InChI=1S/C9H12O2.CH4O/c10-9-8-6-2-1-5(3-6)7(8)4-11-9;1-2/h5-8H,1-4H2;2H,1H3. The monoisotopic (exact) mass is 184 g/mol. The van der Waals surface area contributed by atoms with Gasteiger partial charge in [-0.05, 0) is 31.1 Å². The molecule has 3 nitrogen and oxygen atoms in total. The topological polar surface area (TPSA) is 46.5 Å². The summed E-state index contributed by atoms with van der Waals surface area (Å²) in [4.78, 5) is 11.2. The highest BCUT2D eigenvalue weighted by Crippen LogP contribution is 2.54. The highest BCUT2D eigenvalue weighted by molar-refractivity contribution is 5.75. The molecule has 3 heteroatoms. The summed E-state index contributed by atoms with van der Waals surface area (Å²) in [6, 6.07) is 0. The van der Waals surface area contributed by atoms with E-state index in [1.54, 1.807) is 0 Å². The predicted molar refractivity (Wildman–Crippen MR) is 46.9 cm³/mol. The molecule has 0 spiro atoms. The molecule has 3 aliphatic rings. The molecule has 4 unspecified atom stereocenters. The molecule has 0 aromatic rings. The summed E-state index contributed by atoms with van der Waals surface area (Å²) >= 11 is 0. The molecule has 0 aromatic heterocycles. The van der Waals surface area contributed by atoms with E-state index in [9.17, 15) is 4.79 Å². The Hall–Kier alpha value is -0.570. The number of carbonyl (C=O) groups excluding carboxylic acids is 1. The minimum absolute atomic E-state index is 0.0993. The summed E-state index contributed by atoms with van der Waals surface area (Å²) in [5, 5.41) is 7.00. The van der Waals surface area contributed by atoms with Gasteiger partial charge in [-0.2, -0.15) is 0 Å². The van der Waals surface area contributed by atoms with Crippen molar-refractivity contribution in [3.05, 3.63) is 0 Å². The fraction of sp³-hybridized carbons (Fsp3) is 0.900. The first-order valence-corrected chi connectivity index (χ1v) is 4.97. The molecule has 1 heterocycles. The Kier molecular flexibility index (Phi) is 2.28. The van der Waals surface area contributed by atoms with Crippen LogP contribution < -0.4 is 0 Å². The van der Waals surface area contributed by atoms with Gasteiger partial charge in [-0.25, -0.2) is 0 Å². The van der Waals surface area contributed by atoms with E-state index in [1.807, 2.05) is 0 Å². The summed E-state index contributed by atoms with van der Waals surface area (Å²) in [6.45, 7) is 0.727. The van der Waals surface area contributed by atoms with Gasteiger partial charge >= 0.3 is 5.97 Å². The Morgan fingerprint density at radius 3 is 2.69 bits per heavy atom. The molecule has 3 fully saturated rings. The first kappa shape index (κ1) is 9.00. The van der Waals surface area contributed by atoms with Gasteiger partial charge in [0, 0.05) is 13.0 Å². The number of fused-ring (bicyclic) bond motifs is 5. The molecule has 4 atom stereocenters. The van der Waals surface area contributed by atoms with E-state index >= 15 is 0 Å². The summed E-state index contributed by atoms with van der Waals surface area (Å²) < 4.78 is 5.06. The molecule has 13 heavy (non-hydrogen) atoms. The molecule has 2 aliphatic carbocycles. The van der Waals surface area contributed by atoms with Crippen molar-refractivity contribution in [2.45, 2.75) is 19.3 Å². The van der Waals surface area contributed by atoms with Crippen LogP contribution in [-0.2, 0) is 9.53 Å². The first-order chi connectivity index (χ1) is 6.36. The maximum Gasteiger partial charge on any atom is 0.309 e. The molecule has 3 rings (SSSR count). The van der Waals surface area contributed by atoms with Crippen LogP contribution in [0.4, 0.5) is 0 Å². The van der Waals surface area contributed by atoms with E-state index in [4.69, 9.17) is 9.84 Å². The van der Waals surface area contributed by atoms with Crippen LogP contribution >= 0.6 is 0 Å². The number of carbonyl (C=O) groups is 1. The van der Waals surface area contributed by atoms with Gasteiger partial charge in [0.25, 0.3) is 0 Å². The van der Waals surface area contributed by atoms with E-state index in [2.05, 4.69) is 0 Å². The van der Waals surface area contributed by atoms with Crippen LogP contribution in [0.1, 0.15) is 19.3 Å². The van der Waals surface area contributed by atoms with Crippen LogP contribution in [0.15, 0.2) is 0 Å². The number of esters is 1. The second kappa shape index (κ2) is 3.29. The molecule has 0 radical (unpaired) electrons. The molecular formula is C10H16O3. The normalized spacial score (nSPS) is 45.2. The van der Waals surface area contributed by atoms with Gasteiger partial charge in [-0.3, -0.25) is 4.79 Å². The third-order valence-electron chi connectivity index (χ3n) is 3.78. The quantitative estimate of drug-likeness (QED) is 0.567. The number of ether oxygens (including phenoxy) is 1. The van der Waals surface area contributed by atoms with Gasteiger partial charge in [0.05, 0.1) is 12.5 Å². The van der Waals surface area contributed by atoms with Gasteiger partial charge < -0.3 is 9.84 Å². The molecule has 0 aromatic carbocycles. The Morgan fingerprint density at radius 2 is 2.00 bits per heavy atom. The summed E-state index contributed by atoms with van der Waals surface area (Å²) in [6.07, 6.45) is 3.94.